The van der Waals surface area contributed by atoms with Gasteiger partial charge in [0.1, 0.15) is 5.69 Å². The number of carbonyl (C=O) groups is 1. The lowest BCUT2D eigenvalue weighted by molar-refractivity contribution is 0.101. The highest BCUT2D eigenvalue weighted by atomic mass is 35.5. The van der Waals surface area contributed by atoms with Gasteiger partial charge in [0.05, 0.1) is 5.69 Å². The van der Waals surface area contributed by atoms with Gasteiger partial charge in [-0.2, -0.15) is 5.10 Å². The minimum atomic E-state index is -0.211. The fourth-order valence-corrected chi connectivity index (χ4v) is 3.42. The van der Waals surface area contributed by atoms with Gasteiger partial charge in [-0.15, -0.1) is 11.3 Å². The van der Waals surface area contributed by atoms with E-state index in [9.17, 15) is 4.79 Å². The maximum absolute atomic E-state index is 12.3. The van der Waals surface area contributed by atoms with E-state index in [1.807, 2.05) is 26.0 Å². The largest absolute Gasteiger partial charge is 0.296 e. The lowest BCUT2D eigenvalue weighted by Gasteiger charge is -2.02. The van der Waals surface area contributed by atoms with Gasteiger partial charge in [0, 0.05) is 29.6 Å². The lowest BCUT2D eigenvalue weighted by atomic mass is 10.1. The first-order valence-electron chi connectivity index (χ1n) is 7.44. The van der Waals surface area contributed by atoms with Crippen molar-refractivity contribution < 1.29 is 4.79 Å². The summed E-state index contributed by atoms with van der Waals surface area (Å²) in [5.74, 6) is -0.211. The molecule has 2 heterocycles. The van der Waals surface area contributed by atoms with Gasteiger partial charge in [0.15, 0.2) is 5.13 Å². The molecule has 0 unspecified atom stereocenters. The number of hydrogen-bond donors (Lipinski definition) is 1. The van der Waals surface area contributed by atoms with Gasteiger partial charge in [-0.3, -0.25) is 14.8 Å². The monoisotopic (exact) mass is 360 g/mol. The molecule has 1 aromatic carbocycles. The van der Waals surface area contributed by atoms with E-state index >= 15 is 0 Å². The third-order valence-electron chi connectivity index (χ3n) is 3.62. The van der Waals surface area contributed by atoms with Crippen molar-refractivity contribution in [3.8, 4) is 0 Å². The number of amides is 1. The number of carbonyl (C=O) groups excluding carboxylic acids is 1. The van der Waals surface area contributed by atoms with Crippen molar-refractivity contribution in [2.24, 2.45) is 7.05 Å². The summed E-state index contributed by atoms with van der Waals surface area (Å²) in [6, 6.07) is 7.77. The Morgan fingerprint density at radius 3 is 2.79 bits per heavy atom. The van der Waals surface area contributed by atoms with Gasteiger partial charge >= 0.3 is 0 Å². The molecule has 0 aliphatic heterocycles. The molecule has 0 atom stereocenters. The minimum absolute atomic E-state index is 0.211. The van der Waals surface area contributed by atoms with Crippen LogP contribution in [0.1, 0.15) is 32.2 Å². The molecule has 0 saturated heterocycles. The van der Waals surface area contributed by atoms with Crippen molar-refractivity contribution in [3.05, 3.63) is 62.9 Å². The molecule has 0 spiro atoms. The highest BCUT2D eigenvalue weighted by molar-refractivity contribution is 7.15. The smallest absolute Gasteiger partial charge is 0.275 e. The fraction of sp³-hybridized carbons (Fsp3) is 0.235. The standard InChI is InChI=1S/C17H17ClN4OS/c1-10-4-5-12(8-14(10)18)7-13-9-19-17(24-13)20-16(23)15-6-11(2)21-22(15)3/h4-6,8-9H,7H2,1-3H3,(H,19,20,23). The van der Waals surface area contributed by atoms with Crippen LogP contribution in [-0.4, -0.2) is 20.7 Å². The Labute approximate surface area is 149 Å². The van der Waals surface area contributed by atoms with Gasteiger partial charge in [-0.25, -0.2) is 4.98 Å². The molecule has 24 heavy (non-hydrogen) atoms. The second-order valence-electron chi connectivity index (χ2n) is 5.64. The topological polar surface area (TPSA) is 59.8 Å². The average molecular weight is 361 g/mol. The summed E-state index contributed by atoms with van der Waals surface area (Å²) in [5, 5.41) is 8.33. The summed E-state index contributed by atoms with van der Waals surface area (Å²) in [6.45, 7) is 3.83. The molecule has 0 aliphatic rings. The van der Waals surface area contributed by atoms with Crippen LogP contribution < -0.4 is 5.32 Å². The van der Waals surface area contributed by atoms with E-state index < -0.39 is 0 Å². The van der Waals surface area contributed by atoms with Crippen LogP contribution in [0.15, 0.2) is 30.5 Å². The number of rotatable bonds is 4. The molecule has 3 rings (SSSR count). The number of halogens is 1. The van der Waals surface area contributed by atoms with Gasteiger partial charge in [0.25, 0.3) is 5.91 Å². The summed E-state index contributed by atoms with van der Waals surface area (Å²) in [7, 11) is 1.75. The Morgan fingerprint density at radius 2 is 2.12 bits per heavy atom. The molecule has 7 heteroatoms. The maximum Gasteiger partial charge on any atom is 0.275 e. The summed E-state index contributed by atoms with van der Waals surface area (Å²) < 4.78 is 1.56. The van der Waals surface area contributed by atoms with Gasteiger partial charge in [0.2, 0.25) is 0 Å². The highest BCUT2D eigenvalue weighted by Crippen LogP contribution is 2.24. The van der Waals surface area contributed by atoms with Gasteiger partial charge < -0.3 is 0 Å². The van der Waals surface area contributed by atoms with E-state index in [1.54, 1.807) is 24.0 Å². The Kier molecular flexibility index (Phi) is 4.69. The number of aryl methyl sites for hydroxylation is 3. The first-order valence-corrected chi connectivity index (χ1v) is 8.63. The Morgan fingerprint density at radius 1 is 1.33 bits per heavy atom. The van der Waals surface area contributed by atoms with E-state index in [0.717, 1.165) is 33.1 Å². The first-order chi connectivity index (χ1) is 11.4. The molecule has 2 aromatic heterocycles. The van der Waals surface area contributed by atoms with Crippen LogP contribution in [0.5, 0.6) is 0 Å². The number of nitrogens with zero attached hydrogens (tertiary/aromatic N) is 3. The second-order valence-corrected chi connectivity index (χ2v) is 7.16. The lowest BCUT2D eigenvalue weighted by Crippen LogP contribution is -2.15. The van der Waals surface area contributed by atoms with Crippen molar-refractivity contribution >= 4 is 34.0 Å². The summed E-state index contributed by atoms with van der Waals surface area (Å²) in [5.41, 5.74) is 3.49. The molecule has 3 aromatic rings. The van der Waals surface area contributed by atoms with Gasteiger partial charge in [-0.1, -0.05) is 23.7 Å². The second kappa shape index (κ2) is 6.75. The summed E-state index contributed by atoms with van der Waals surface area (Å²) >= 11 is 7.62. The number of anilines is 1. The van der Waals surface area contributed by atoms with E-state index in [-0.39, 0.29) is 5.91 Å². The quantitative estimate of drug-likeness (QED) is 0.765. The SMILES string of the molecule is Cc1cc(C(=O)Nc2ncc(Cc3ccc(C)c(Cl)c3)s2)n(C)n1. The molecule has 1 amide bonds. The van der Waals surface area contributed by atoms with Crippen molar-refractivity contribution in [2.75, 3.05) is 5.32 Å². The number of thiazole rings is 1. The Hall–Kier alpha value is -2.18. The van der Waals surface area contributed by atoms with Crippen LogP contribution in [0.2, 0.25) is 5.02 Å². The van der Waals surface area contributed by atoms with E-state index in [1.165, 1.54) is 11.3 Å². The van der Waals surface area contributed by atoms with Gasteiger partial charge in [-0.05, 0) is 37.1 Å². The summed E-state index contributed by atoms with van der Waals surface area (Å²) in [4.78, 5) is 17.6. The molecular weight excluding hydrogens is 344 g/mol. The van der Waals surface area contributed by atoms with Crippen LogP contribution in [0.3, 0.4) is 0 Å². The molecule has 1 N–H and O–H groups in total. The zero-order valence-corrected chi connectivity index (χ0v) is 15.2. The predicted octanol–water partition coefficient (Wildman–Crippen LogP) is 3.99. The van der Waals surface area contributed by atoms with Crippen LogP contribution in [0, 0.1) is 13.8 Å². The maximum atomic E-state index is 12.3. The molecule has 0 aliphatic carbocycles. The molecule has 0 saturated carbocycles. The third-order valence-corrected chi connectivity index (χ3v) is 4.94. The summed E-state index contributed by atoms with van der Waals surface area (Å²) in [6.07, 6.45) is 2.51. The molecular formula is C17H17ClN4OS. The fourth-order valence-electron chi connectivity index (χ4n) is 2.38. The Bertz CT molecular complexity index is 900. The van der Waals surface area contributed by atoms with E-state index in [2.05, 4.69) is 21.5 Å². The van der Waals surface area contributed by atoms with E-state index in [0.29, 0.717) is 10.8 Å². The van der Waals surface area contributed by atoms with Crippen molar-refractivity contribution in [3.63, 3.8) is 0 Å². The predicted molar refractivity (Wildman–Crippen MR) is 97.0 cm³/mol. The normalized spacial score (nSPS) is 10.8. The zero-order valence-electron chi connectivity index (χ0n) is 13.6. The highest BCUT2D eigenvalue weighted by Gasteiger charge is 2.14. The molecule has 0 fully saturated rings. The molecule has 0 bridgehead atoms. The van der Waals surface area contributed by atoms with Crippen molar-refractivity contribution in [2.45, 2.75) is 20.3 Å². The van der Waals surface area contributed by atoms with Crippen LogP contribution in [0.25, 0.3) is 0 Å². The first kappa shape index (κ1) is 16.7. The van der Waals surface area contributed by atoms with E-state index in [4.69, 9.17) is 11.6 Å². The van der Waals surface area contributed by atoms with Crippen LogP contribution in [-0.2, 0) is 13.5 Å². The minimum Gasteiger partial charge on any atom is -0.296 e. The zero-order chi connectivity index (χ0) is 17.3. The number of aromatic nitrogens is 3. The number of hydrogen-bond acceptors (Lipinski definition) is 4. The molecule has 124 valence electrons. The molecule has 5 nitrogen and oxygen atoms in total. The van der Waals surface area contributed by atoms with Crippen molar-refractivity contribution in [1.29, 1.82) is 0 Å². The third kappa shape index (κ3) is 3.66. The average Bonchev–Trinajstić information content (AvgIpc) is 3.09. The number of nitrogens with one attached hydrogen (secondary N) is 1. The Balaban J connectivity index is 1.70. The molecule has 0 radical (unpaired) electrons. The number of benzene rings is 1. The van der Waals surface area contributed by atoms with Crippen LogP contribution in [0.4, 0.5) is 5.13 Å². The van der Waals surface area contributed by atoms with Crippen LogP contribution >= 0.6 is 22.9 Å². The van der Waals surface area contributed by atoms with Crippen molar-refractivity contribution in [1.82, 2.24) is 14.8 Å².